The van der Waals surface area contributed by atoms with Crippen molar-refractivity contribution in [2.45, 2.75) is 0 Å². The van der Waals surface area contributed by atoms with Gasteiger partial charge in [0.15, 0.2) is 6.29 Å². The molecule has 0 radical (unpaired) electrons. The fourth-order valence-corrected chi connectivity index (χ4v) is 1.72. The Morgan fingerprint density at radius 1 is 1.20 bits per heavy atom. The van der Waals surface area contributed by atoms with Gasteiger partial charge in [0.05, 0.1) is 15.5 Å². The zero-order valence-electron chi connectivity index (χ0n) is 9.88. The van der Waals surface area contributed by atoms with Crippen LogP contribution in [0.25, 0.3) is 0 Å². The van der Waals surface area contributed by atoms with Crippen molar-refractivity contribution < 1.29 is 18.8 Å². The largest absolute Gasteiger partial charge is 0.455 e. The lowest BCUT2D eigenvalue weighted by Gasteiger charge is -2.09. The summed E-state index contributed by atoms with van der Waals surface area (Å²) in [4.78, 5) is 20.8. The number of aldehydes is 1. The number of halogens is 2. The molecule has 0 atom stereocenters. The maximum atomic E-state index is 13.0. The third kappa shape index (κ3) is 2.92. The van der Waals surface area contributed by atoms with Crippen LogP contribution in [0.2, 0.25) is 5.02 Å². The molecule has 0 aliphatic carbocycles. The summed E-state index contributed by atoms with van der Waals surface area (Å²) in [6.45, 7) is 0. The van der Waals surface area contributed by atoms with E-state index in [-0.39, 0.29) is 27.8 Å². The number of non-ortho nitro benzene ring substituents is 1. The van der Waals surface area contributed by atoms with Gasteiger partial charge < -0.3 is 4.74 Å². The quantitative estimate of drug-likeness (QED) is 0.486. The monoisotopic (exact) mass is 295 g/mol. The lowest BCUT2D eigenvalue weighted by molar-refractivity contribution is -0.384. The number of hydrogen-bond donors (Lipinski definition) is 0. The summed E-state index contributed by atoms with van der Waals surface area (Å²) in [6, 6.07) is 7.06. The first-order chi connectivity index (χ1) is 9.51. The molecular weight excluding hydrogens is 289 g/mol. The van der Waals surface area contributed by atoms with Crippen LogP contribution >= 0.6 is 11.6 Å². The van der Waals surface area contributed by atoms with Gasteiger partial charge in [-0.1, -0.05) is 11.6 Å². The van der Waals surface area contributed by atoms with Crippen molar-refractivity contribution in [2.24, 2.45) is 0 Å². The van der Waals surface area contributed by atoms with Crippen LogP contribution in [0.5, 0.6) is 11.5 Å². The van der Waals surface area contributed by atoms with Crippen molar-refractivity contribution in [3.8, 4) is 11.5 Å². The van der Waals surface area contributed by atoms with Crippen LogP contribution in [0.15, 0.2) is 36.4 Å². The minimum Gasteiger partial charge on any atom is -0.455 e. The van der Waals surface area contributed by atoms with Gasteiger partial charge in [0, 0.05) is 12.1 Å². The average molecular weight is 296 g/mol. The number of rotatable bonds is 4. The first-order valence-electron chi connectivity index (χ1n) is 5.38. The van der Waals surface area contributed by atoms with E-state index in [1.165, 1.54) is 18.2 Å². The van der Waals surface area contributed by atoms with E-state index < -0.39 is 10.7 Å². The molecule has 0 N–H and O–H groups in total. The van der Waals surface area contributed by atoms with Gasteiger partial charge in [-0.3, -0.25) is 14.9 Å². The Kier molecular flexibility index (Phi) is 3.95. The van der Waals surface area contributed by atoms with E-state index in [0.717, 1.165) is 18.2 Å². The van der Waals surface area contributed by atoms with Crippen molar-refractivity contribution in [3.63, 3.8) is 0 Å². The average Bonchev–Trinajstić information content (AvgIpc) is 2.42. The van der Waals surface area contributed by atoms with E-state index in [1.807, 2.05) is 0 Å². The summed E-state index contributed by atoms with van der Waals surface area (Å²) in [5.74, 6) is -0.335. The highest BCUT2D eigenvalue weighted by Gasteiger charge is 2.12. The minimum absolute atomic E-state index is 0.0134. The second-order valence-corrected chi connectivity index (χ2v) is 4.18. The number of hydrogen-bond acceptors (Lipinski definition) is 4. The van der Waals surface area contributed by atoms with Gasteiger partial charge in [0.25, 0.3) is 5.69 Å². The van der Waals surface area contributed by atoms with E-state index in [4.69, 9.17) is 16.3 Å². The van der Waals surface area contributed by atoms with Crippen LogP contribution in [-0.4, -0.2) is 11.2 Å². The van der Waals surface area contributed by atoms with Crippen molar-refractivity contribution >= 4 is 23.6 Å². The molecule has 2 rings (SSSR count). The van der Waals surface area contributed by atoms with Gasteiger partial charge in [-0.15, -0.1) is 0 Å². The molecular formula is C13H7ClFNO4. The Morgan fingerprint density at radius 2 is 1.90 bits per heavy atom. The highest BCUT2D eigenvalue weighted by molar-refractivity contribution is 6.32. The fraction of sp³-hybridized carbons (Fsp3) is 0. The van der Waals surface area contributed by atoms with E-state index in [9.17, 15) is 19.3 Å². The summed E-state index contributed by atoms with van der Waals surface area (Å²) in [6.07, 6.45) is 0.442. The molecule has 2 aromatic rings. The van der Waals surface area contributed by atoms with Gasteiger partial charge in [-0.2, -0.15) is 0 Å². The molecule has 0 fully saturated rings. The SMILES string of the molecule is O=Cc1cc(F)ccc1Oc1ccc([N+](=O)[O-])cc1Cl. The minimum atomic E-state index is -0.593. The Bertz CT molecular complexity index is 690. The maximum absolute atomic E-state index is 13.0. The molecule has 102 valence electrons. The molecule has 0 aromatic heterocycles. The predicted octanol–water partition coefficient (Wildman–Crippen LogP) is 3.99. The number of benzene rings is 2. The molecule has 0 spiro atoms. The smallest absolute Gasteiger partial charge is 0.271 e. The second-order valence-electron chi connectivity index (χ2n) is 3.77. The van der Waals surface area contributed by atoms with E-state index in [1.54, 1.807) is 0 Å². The van der Waals surface area contributed by atoms with Crippen LogP contribution < -0.4 is 4.74 Å². The van der Waals surface area contributed by atoms with E-state index in [2.05, 4.69) is 0 Å². The molecule has 0 heterocycles. The molecule has 0 aliphatic rings. The van der Waals surface area contributed by atoms with Crippen molar-refractivity contribution in [3.05, 3.63) is 62.9 Å². The van der Waals surface area contributed by atoms with Gasteiger partial charge in [0.2, 0.25) is 0 Å². The van der Waals surface area contributed by atoms with Gasteiger partial charge in [0.1, 0.15) is 17.3 Å². The third-order valence-corrected chi connectivity index (χ3v) is 2.74. The Balaban J connectivity index is 2.35. The molecule has 0 amide bonds. The number of nitrogens with zero attached hydrogens (tertiary/aromatic N) is 1. The van der Waals surface area contributed by atoms with E-state index in [0.29, 0.717) is 6.29 Å². The molecule has 0 bridgehead atoms. The molecule has 7 heteroatoms. The Labute approximate surface area is 117 Å². The maximum Gasteiger partial charge on any atom is 0.271 e. The van der Waals surface area contributed by atoms with Crippen molar-refractivity contribution in [1.82, 2.24) is 0 Å². The van der Waals surface area contributed by atoms with Crippen LogP contribution in [0, 0.1) is 15.9 Å². The molecule has 0 aliphatic heterocycles. The van der Waals surface area contributed by atoms with Crippen LogP contribution in [0.3, 0.4) is 0 Å². The summed E-state index contributed by atoms with van der Waals surface area (Å²) in [5.41, 5.74) is -0.170. The topological polar surface area (TPSA) is 69.4 Å². The highest BCUT2D eigenvalue weighted by Crippen LogP contribution is 2.33. The number of ether oxygens (including phenoxy) is 1. The lowest BCUT2D eigenvalue weighted by atomic mass is 10.2. The van der Waals surface area contributed by atoms with Gasteiger partial charge in [-0.05, 0) is 24.3 Å². The highest BCUT2D eigenvalue weighted by atomic mass is 35.5. The predicted molar refractivity (Wildman–Crippen MR) is 70.0 cm³/mol. The third-order valence-electron chi connectivity index (χ3n) is 2.44. The van der Waals surface area contributed by atoms with Crippen LogP contribution in [0.1, 0.15) is 10.4 Å². The lowest BCUT2D eigenvalue weighted by Crippen LogP contribution is -1.93. The summed E-state index contributed by atoms with van der Waals surface area (Å²) < 4.78 is 18.3. The second kappa shape index (κ2) is 5.66. The van der Waals surface area contributed by atoms with Crippen LogP contribution in [-0.2, 0) is 0 Å². The number of nitro benzene ring substituents is 1. The molecule has 20 heavy (non-hydrogen) atoms. The number of carbonyl (C=O) groups excluding carboxylic acids is 1. The first-order valence-corrected chi connectivity index (χ1v) is 5.75. The Hall–Kier alpha value is -2.47. The van der Waals surface area contributed by atoms with Gasteiger partial charge >= 0.3 is 0 Å². The molecule has 2 aromatic carbocycles. The zero-order chi connectivity index (χ0) is 14.7. The molecule has 0 saturated heterocycles. The normalized spacial score (nSPS) is 10.1. The molecule has 0 saturated carbocycles. The molecule has 0 unspecified atom stereocenters. The number of carbonyl (C=O) groups is 1. The van der Waals surface area contributed by atoms with E-state index >= 15 is 0 Å². The van der Waals surface area contributed by atoms with Crippen molar-refractivity contribution in [2.75, 3.05) is 0 Å². The summed E-state index contributed by atoms with van der Waals surface area (Å²) in [5, 5.41) is 10.6. The number of nitro groups is 1. The first kappa shape index (κ1) is 14.0. The van der Waals surface area contributed by atoms with Crippen LogP contribution in [0.4, 0.5) is 10.1 Å². The van der Waals surface area contributed by atoms with Crippen molar-refractivity contribution in [1.29, 1.82) is 0 Å². The fourth-order valence-electron chi connectivity index (χ4n) is 1.51. The molecule has 5 nitrogen and oxygen atoms in total. The zero-order valence-corrected chi connectivity index (χ0v) is 10.6. The standard InChI is InChI=1S/C13H7ClFNO4/c14-11-6-10(16(18)19)2-4-13(11)20-12-3-1-9(15)5-8(12)7-17/h1-7H. The van der Waals surface area contributed by atoms with Gasteiger partial charge in [-0.25, -0.2) is 4.39 Å². The summed E-state index contributed by atoms with van der Waals surface area (Å²) in [7, 11) is 0. The Morgan fingerprint density at radius 3 is 2.50 bits per heavy atom. The summed E-state index contributed by atoms with van der Waals surface area (Å²) >= 11 is 5.86.